The highest BCUT2D eigenvalue weighted by atomic mass is 14.9. The van der Waals surface area contributed by atoms with Crippen molar-refractivity contribution >= 4 is 0 Å². The van der Waals surface area contributed by atoms with Gasteiger partial charge in [0.15, 0.2) is 0 Å². The predicted molar refractivity (Wildman–Crippen MR) is 184 cm³/mol. The van der Waals surface area contributed by atoms with E-state index in [2.05, 4.69) is 93.7 Å². The molecular formula is C41H59N. The highest BCUT2D eigenvalue weighted by Crippen LogP contribution is 2.34. The van der Waals surface area contributed by atoms with Gasteiger partial charge in [-0.15, -0.1) is 0 Å². The van der Waals surface area contributed by atoms with E-state index >= 15 is 0 Å². The first-order valence-corrected chi connectivity index (χ1v) is 17.5. The Labute approximate surface area is 258 Å². The summed E-state index contributed by atoms with van der Waals surface area (Å²) >= 11 is 0. The number of nitrogens with one attached hydrogen (secondary N) is 1. The molecule has 1 aliphatic heterocycles. The van der Waals surface area contributed by atoms with Crippen LogP contribution in [0.1, 0.15) is 128 Å². The molecule has 0 aliphatic carbocycles. The van der Waals surface area contributed by atoms with Crippen molar-refractivity contribution in [3.05, 3.63) is 105 Å². The molecule has 3 aromatic carbocycles. The monoisotopic (exact) mass is 565 g/mol. The molecule has 1 fully saturated rings. The Bertz CT molecular complexity index is 1190. The summed E-state index contributed by atoms with van der Waals surface area (Å²) in [4.78, 5) is 0. The van der Waals surface area contributed by atoms with Gasteiger partial charge in [0.2, 0.25) is 0 Å². The second kappa shape index (κ2) is 17.7. The molecule has 1 saturated heterocycles. The molecule has 0 bridgehead atoms. The van der Waals surface area contributed by atoms with Crippen LogP contribution in [-0.2, 0) is 32.1 Å². The molecule has 228 valence electrons. The van der Waals surface area contributed by atoms with Crippen LogP contribution in [0.25, 0.3) is 0 Å². The molecule has 1 nitrogen and oxygen atoms in total. The van der Waals surface area contributed by atoms with E-state index in [0.29, 0.717) is 5.92 Å². The molecule has 4 rings (SSSR count). The van der Waals surface area contributed by atoms with Crippen LogP contribution in [0.15, 0.2) is 60.7 Å². The van der Waals surface area contributed by atoms with E-state index in [4.69, 9.17) is 0 Å². The van der Waals surface area contributed by atoms with Crippen LogP contribution < -0.4 is 5.32 Å². The minimum absolute atomic E-state index is 0.686. The third kappa shape index (κ3) is 10.1. The zero-order valence-corrected chi connectivity index (χ0v) is 27.4. The molecule has 0 spiro atoms. The van der Waals surface area contributed by atoms with E-state index in [0.717, 1.165) is 19.0 Å². The van der Waals surface area contributed by atoms with Gasteiger partial charge in [-0.05, 0) is 148 Å². The van der Waals surface area contributed by atoms with Crippen molar-refractivity contribution < 1.29 is 0 Å². The number of benzene rings is 3. The summed E-state index contributed by atoms with van der Waals surface area (Å²) in [6.07, 6.45) is 19.1. The SMILES string of the molecule is CCCCCc1cc(CCC2CNCCC2c2ccc(CCCCCc3cc(C)ccc3C)cc2)ccc1CCCC. The summed E-state index contributed by atoms with van der Waals surface area (Å²) in [5, 5.41) is 3.72. The molecule has 42 heavy (non-hydrogen) atoms. The number of hydrogen-bond donors (Lipinski definition) is 1. The molecule has 2 unspecified atom stereocenters. The summed E-state index contributed by atoms with van der Waals surface area (Å²) < 4.78 is 0. The summed E-state index contributed by atoms with van der Waals surface area (Å²) in [6, 6.07) is 24.1. The average Bonchev–Trinajstić information content (AvgIpc) is 3.01. The molecule has 1 N–H and O–H groups in total. The van der Waals surface area contributed by atoms with Crippen LogP contribution in [0.2, 0.25) is 0 Å². The summed E-state index contributed by atoms with van der Waals surface area (Å²) in [5.74, 6) is 1.41. The fourth-order valence-corrected chi connectivity index (χ4v) is 7.08. The lowest BCUT2D eigenvalue weighted by Gasteiger charge is -2.33. The lowest BCUT2D eigenvalue weighted by molar-refractivity contribution is 0.309. The maximum absolute atomic E-state index is 3.72. The second-order valence-corrected chi connectivity index (χ2v) is 13.3. The van der Waals surface area contributed by atoms with Crippen molar-refractivity contribution in [1.29, 1.82) is 0 Å². The van der Waals surface area contributed by atoms with Crippen LogP contribution in [0, 0.1) is 19.8 Å². The highest BCUT2D eigenvalue weighted by molar-refractivity contribution is 5.33. The summed E-state index contributed by atoms with van der Waals surface area (Å²) in [7, 11) is 0. The Kier molecular flexibility index (Phi) is 13.7. The van der Waals surface area contributed by atoms with Gasteiger partial charge in [0.1, 0.15) is 0 Å². The van der Waals surface area contributed by atoms with E-state index in [1.807, 2.05) is 0 Å². The van der Waals surface area contributed by atoms with Gasteiger partial charge in [0.05, 0.1) is 0 Å². The Hall–Kier alpha value is -2.38. The van der Waals surface area contributed by atoms with Gasteiger partial charge in [0.25, 0.3) is 0 Å². The van der Waals surface area contributed by atoms with E-state index in [1.165, 1.54) is 119 Å². The Balaban J connectivity index is 1.27. The van der Waals surface area contributed by atoms with Crippen molar-refractivity contribution in [2.45, 2.75) is 130 Å². The standard InChI is InChI=1S/C41H59N/c1-5-7-10-16-39-30-35(21-23-36(39)14-8-6-2)22-26-40-31-42-28-27-41(40)37-24-19-34(20-25-37)13-11-9-12-15-38-29-32(3)17-18-33(38)4/h17-21,23-25,29-30,40-42H,5-16,22,26-28,31H2,1-4H3. The number of aryl methyl sites for hydroxylation is 7. The lowest BCUT2D eigenvalue weighted by Crippen LogP contribution is -2.35. The molecular weight excluding hydrogens is 506 g/mol. The van der Waals surface area contributed by atoms with Gasteiger partial charge < -0.3 is 5.32 Å². The predicted octanol–water partition coefficient (Wildman–Crippen LogP) is 10.7. The van der Waals surface area contributed by atoms with Crippen LogP contribution in [0.3, 0.4) is 0 Å². The van der Waals surface area contributed by atoms with Crippen molar-refractivity contribution in [3.8, 4) is 0 Å². The molecule has 2 atom stereocenters. The Morgan fingerprint density at radius 2 is 1.33 bits per heavy atom. The zero-order chi connectivity index (χ0) is 29.6. The van der Waals surface area contributed by atoms with Gasteiger partial charge >= 0.3 is 0 Å². The van der Waals surface area contributed by atoms with Crippen molar-refractivity contribution in [2.75, 3.05) is 13.1 Å². The normalized spacial score (nSPS) is 17.0. The van der Waals surface area contributed by atoms with E-state index < -0.39 is 0 Å². The molecule has 0 radical (unpaired) electrons. The first-order valence-electron chi connectivity index (χ1n) is 17.5. The zero-order valence-electron chi connectivity index (χ0n) is 27.4. The molecule has 0 amide bonds. The van der Waals surface area contributed by atoms with Gasteiger partial charge in [-0.25, -0.2) is 0 Å². The van der Waals surface area contributed by atoms with Crippen LogP contribution in [0.5, 0.6) is 0 Å². The average molecular weight is 566 g/mol. The third-order valence-corrected chi connectivity index (χ3v) is 9.86. The van der Waals surface area contributed by atoms with Crippen LogP contribution >= 0.6 is 0 Å². The van der Waals surface area contributed by atoms with Gasteiger partial charge in [-0.3, -0.25) is 0 Å². The molecule has 1 heterocycles. The fraction of sp³-hybridized carbons (Fsp3) is 0.561. The second-order valence-electron chi connectivity index (χ2n) is 13.3. The first kappa shape index (κ1) is 32.5. The lowest BCUT2D eigenvalue weighted by atomic mass is 9.78. The minimum atomic E-state index is 0.686. The summed E-state index contributed by atoms with van der Waals surface area (Å²) in [6.45, 7) is 11.4. The van der Waals surface area contributed by atoms with Crippen LogP contribution in [0.4, 0.5) is 0 Å². The quantitative estimate of drug-likeness (QED) is 0.161. The summed E-state index contributed by atoms with van der Waals surface area (Å²) in [5.41, 5.74) is 12.2. The maximum Gasteiger partial charge on any atom is -0.00145 e. The first-order chi connectivity index (χ1) is 20.6. The number of piperidine rings is 1. The number of hydrogen-bond acceptors (Lipinski definition) is 1. The molecule has 1 heteroatoms. The largest absolute Gasteiger partial charge is 0.316 e. The smallest absolute Gasteiger partial charge is 0.00145 e. The van der Waals surface area contributed by atoms with Gasteiger partial charge in [0, 0.05) is 0 Å². The maximum atomic E-state index is 3.72. The Morgan fingerprint density at radius 1 is 0.619 bits per heavy atom. The van der Waals surface area contributed by atoms with Crippen molar-refractivity contribution in [3.63, 3.8) is 0 Å². The van der Waals surface area contributed by atoms with Crippen molar-refractivity contribution in [2.24, 2.45) is 5.92 Å². The Morgan fingerprint density at radius 3 is 2.14 bits per heavy atom. The fourth-order valence-electron chi connectivity index (χ4n) is 7.08. The highest BCUT2D eigenvalue weighted by Gasteiger charge is 2.26. The minimum Gasteiger partial charge on any atom is -0.316 e. The van der Waals surface area contributed by atoms with Crippen LogP contribution in [-0.4, -0.2) is 13.1 Å². The van der Waals surface area contributed by atoms with E-state index in [9.17, 15) is 0 Å². The third-order valence-electron chi connectivity index (χ3n) is 9.86. The number of rotatable bonds is 17. The molecule has 1 aliphatic rings. The van der Waals surface area contributed by atoms with E-state index in [1.54, 1.807) is 22.3 Å². The molecule has 0 saturated carbocycles. The molecule has 3 aromatic rings. The number of unbranched alkanes of at least 4 members (excludes halogenated alkanes) is 5. The van der Waals surface area contributed by atoms with E-state index in [-0.39, 0.29) is 0 Å². The van der Waals surface area contributed by atoms with Gasteiger partial charge in [-0.1, -0.05) is 106 Å². The van der Waals surface area contributed by atoms with Crippen molar-refractivity contribution in [1.82, 2.24) is 5.32 Å². The van der Waals surface area contributed by atoms with Gasteiger partial charge in [-0.2, -0.15) is 0 Å². The topological polar surface area (TPSA) is 12.0 Å². The molecule has 0 aromatic heterocycles.